The molecule has 0 fully saturated rings. The summed E-state index contributed by atoms with van der Waals surface area (Å²) >= 11 is 0. The maximum Gasteiger partial charge on any atom is 0.142 e. The van der Waals surface area contributed by atoms with Crippen LogP contribution in [0.1, 0.15) is 25.8 Å². The van der Waals surface area contributed by atoms with Crippen LogP contribution in [0.5, 0.6) is 11.5 Å². The van der Waals surface area contributed by atoms with Crippen molar-refractivity contribution in [3.05, 3.63) is 84.4 Å². The first-order valence-electron chi connectivity index (χ1n) is 10.1. The zero-order valence-electron chi connectivity index (χ0n) is 17.2. The third-order valence-electron chi connectivity index (χ3n) is 5.71. The van der Waals surface area contributed by atoms with Crippen molar-refractivity contribution in [1.29, 1.82) is 0 Å². The SMILES string of the molecule is CCC(C)C(COc1ccccc1N)(COc1ccccc1N)c1ccccc1. The molecule has 0 aliphatic heterocycles. The van der Waals surface area contributed by atoms with Crippen molar-refractivity contribution in [1.82, 2.24) is 0 Å². The zero-order chi connectivity index (χ0) is 20.7. The third kappa shape index (κ3) is 4.65. The van der Waals surface area contributed by atoms with Crippen molar-refractivity contribution in [2.45, 2.75) is 25.7 Å². The molecule has 3 aromatic carbocycles. The molecule has 3 aromatic rings. The van der Waals surface area contributed by atoms with Gasteiger partial charge in [0.25, 0.3) is 0 Å². The summed E-state index contributed by atoms with van der Waals surface area (Å²) < 4.78 is 12.5. The average molecular weight is 391 g/mol. The monoisotopic (exact) mass is 390 g/mol. The van der Waals surface area contributed by atoms with Gasteiger partial charge in [0.05, 0.1) is 16.8 Å². The molecule has 3 rings (SSSR count). The lowest BCUT2D eigenvalue weighted by Gasteiger charge is -2.39. The van der Waals surface area contributed by atoms with Gasteiger partial charge in [0.1, 0.15) is 24.7 Å². The van der Waals surface area contributed by atoms with Crippen molar-refractivity contribution in [2.75, 3.05) is 24.7 Å². The van der Waals surface area contributed by atoms with Crippen molar-refractivity contribution < 1.29 is 9.47 Å². The van der Waals surface area contributed by atoms with E-state index < -0.39 is 0 Å². The van der Waals surface area contributed by atoms with Gasteiger partial charge in [0.15, 0.2) is 0 Å². The number of anilines is 2. The fourth-order valence-corrected chi connectivity index (χ4v) is 3.58. The first-order valence-corrected chi connectivity index (χ1v) is 10.1. The van der Waals surface area contributed by atoms with Crippen molar-refractivity contribution in [2.24, 2.45) is 5.92 Å². The largest absolute Gasteiger partial charge is 0.490 e. The fourth-order valence-electron chi connectivity index (χ4n) is 3.58. The summed E-state index contributed by atoms with van der Waals surface area (Å²) in [5.74, 6) is 1.69. The molecule has 0 radical (unpaired) electrons. The first kappa shape index (κ1) is 20.6. The molecule has 4 nitrogen and oxygen atoms in total. The van der Waals surface area contributed by atoms with E-state index in [1.165, 1.54) is 5.56 Å². The van der Waals surface area contributed by atoms with Gasteiger partial charge >= 0.3 is 0 Å². The topological polar surface area (TPSA) is 70.5 Å². The summed E-state index contributed by atoms with van der Waals surface area (Å²) in [6.07, 6.45) is 0.982. The number of para-hydroxylation sites is 4. The first-order chi connectivity index (χ1) is 14.1. The Morgan fingerprint density at radius 1 is 0.724 bits per heavy atom. The van der Waals surface area contributed by atoms with Gasteiger partial charge in [-0.2, -0.15) is 0 Å². The third-order valence-corrected chi connectivity index (χ3v) is 5.71. The molecule has 0 aliphatic rings. The van der Waals surface area contributed by atoms with Gasteiger partial charge in [0.2, 0.25) is 0 Å². The maximum absolute atomic E-state index is 6.26. The number of hydrogen-bond donors (Lipinski definition) is 2. The van der Waals surface area contributed by atoms with Crippen LogP contribution in [0.15, 0.2) is 78.9 Å². The lowest BCUT2D eigenvalue weighted by Crippen LogP contribution is -2.45. The molecule has 0 aromatic heterocycles. The van der Waals surface area contributed by atoms with E-state index in [4.69, 9.17) is 20.9 Å². The smallest absolute Gasteiger partial charge is 0.142 e. The molecule has 4 N–H and O–H groups in total. The Balaban J connectivity index is 1.95. The van der Waals surface area contributed by atoms with Gasteiger partial charge < -0.3 is 20.9 Å². The zero-order valence-corrected chi connectivity index (χ0v) is 17.2. The van der Waals surface area contributed by atoms with E-state index in [0.29, 0.717) is 42.0 Å². The lowest BCUT2D eigenvalue weighted by atomic mass is 9.71. The number of rotatable bonds is 9. The highest BCUT2D eigenvalue weighted by Gasteiger charge is 2.39. The summed E-state index contributed by atoms with van der Waals surface area (Å²) in [6, 6.07) is 25.6. The van der Waals surface area contributed by atoms with E-state index in [1.54, 1.807) is 0 Å². The quantitative estimate of drug-likeness (QED) is 0.487. The number of hydrogen-bond acceptors (Lipinski definition) is 4. The van der Waals surface area contributed by atoms with Crippen molar-refractivity contribution in [3.8, 4) is 11.5 Å². The molecule has 0 saturated carbocycles. The Kier molecular flexibility index (Phi) is 6.65. The highest BCUT2D eigenvalue weighted by molar-refractivity contribution is 5.52. The van der Waals surface area contributed by atoms with Crippen LogP contribution in [0.2, 0.25) is 0 Å². The van der Waals surface area contributed by atoms with Crippen LogP contribution in [0, 0.1) is 5.92 Å². The molecule has 0 aliphatic carbocycles. The minimum Gasteiger partial charge on any atom is -0.490 e. The summed E-state index contributed by atoms with van der Waals surface area (Å²) in [7, 11) is 0. The Labute approximate surface area is 173 Å². The minimum absolute atomic E-state index is 0.305. The molecule has 0 saturated heterocycles. The molecule has 4 heteroatoms. The Morgan fingerprint density at radius 2 is 1.17 bits per heavy atom. The molecule has 0 heterocycles. The Bertz CT molecular complexity index is 862. The Hall–Kier alpha value is -3.14. The molecule has 1 atom stereocenters. The number of nitrogen functional groups attached to an aromatic ring is 2. The summed E-state index contributed by atoms with van der Waals surface area (Å²) in [5, 5.41) is 0. The Morgan fingerprint density at radius 3 is 1.62 bits per heavy atom. The second-order valence-corrected chi connectivity index (χ2v) is 7.48. The van der Waals surface area contributed by atoms with Gasteiger partial charge in [-0.05, 0) is 35.7 Å². The van der Waals surface area contributed by atoms with Crippen LogP contribution in [0.3, 0.4) is 0 Å². The maximum atomic E-state index is 6.26. The average Bonchev–Trinajstić information content (AvgIpc) is 2.76. The lowest BCUT2D eigenvalue weighted by molar-refractivity contribution is 0.0962. The van der Waals surface area contributed by atoms with E-state index in [0.717, 1.165) is 6.42 Å². The van der Waals surface area contributed by atoms with Gasteiger partial charge in [-0.3, -0.25) is 0 Å². The van der Waals surface area contributed by atoms with E-state index in [1.807, 2.05) is 54.6 Å². The van der Waals surface area contributed by atoms with Gasteiger partial charge in [-0.25, -0.2) is 0 Å². The predicted molar refractivity (Wildman–Crippen MR) is 120 cm³/mol. The van der Waals surface area contributed by atoms with E-state index in [2.05, 4.69) is 38.1 Å². The molecule has 29 heavy (non-hydrogen) atoms. The molecule has 152 valence electrons. The van der Waals surface area contributed by atoms with Crippen LogP contribution >= 0.6 is 0 Å². The fraction of sp³-hybridized carbons (Fsp3) is 0.280. The van der Waals surface area contributed by atoms with E-state index in [-0.39, 0.29) is 5.41 Å². The highest BCUT2D eigenvalue weighted by atomic mass is 16.5. The van der Waals surface area contributed by atoms with Crippen LogP contribution in [-0.4, -0.2) is 13.2 Å². The van der Waals surface area contributed by atoms with Crippen molar-refractivity contribution in [3.63, 3.8) is 0 Å². The number of benzene rings is 3. The van der Waals surface area contributed by atoms with Gasteiger partial charge in [0, 0.05) is 0 Å². The van der Waals surface area contributed by atoms with Gasteiger partial charge in [-0.1, -0.05) is 74.9 Å². The molecule has 0 amide bonds. The second kappa shape index (κ2) is 9.37. The van der Waals surface area contributed by atoms with E-state index in [9.17, 15) is 0 Å². The van der Waals surface area contributed by atoms with Crippen LogP contribution in [0.4, 0.5) is 11.4 Å². The normalized spacial score (nSPS) is 12.3. The van der Waals surface area contributed by atoms with Crippen LogP contribution in [0.25, 0.3) is 0 Å². The van der Waals surface area contributed by atoms with E-state index >= 15 is 0 Å². The number of nitrogens with two attached hydrogens (primary N) is 2. The van der Waals surface area contributed by atoms with Crippen LogP contribution in [-0.2, 0) is 5.41 Å². The molecule has 1 unspecified atom stereocenters. The minimum atomic E-state index is -0.361. The summed E-state index contributed by atoms with van der Waals surface area (Å²) in [6.45, 7) is 5.33. The summed E-state index contributed by atoms with van der Waals surface area (Å²) in [5.41, 5.74) is 14.3. The molecular formula is C25H30N2O2. The molecule has 0 bridgehead atoms. The molecular weight excluding hydrogens is 360 g/mol. The molecule has 0 spiro atoms. The standard InChI is InChI=1S/C25H30N2O2/c1-3-19(2)25(20-11-5-4-6-12-20,17-28-23-15-9-7-13-21(23)26)18-29-24-16-10-8-14-22(24)27/h4-16,19H,3,17-18,26-27H2,1-2H3. The second-order valence-electron chi connectivity index (χ2n) is 7.48. The van der Waals surface area contributed by atoms with Crippen LogP contribution < -0.4 is 20.9 Å². The van der Waals surface area contributed by atoms with Crippen molar-refractivity contribution >= 4 is 11.4 Å². The van der Waals surface area contributed by atoms with Gasteiger partial charge in [-0.15, -0.1) is 0 Å². The predicted octanol–water partition coefficient (Wildman–Crippen LogP) is 5.29. The summed E-state index contributed by atoms with van der Waals surface area (Å²) in [4.78, 5) is 0. The highest BCUT2D eigenvalue weighted by Crippen LogP contribution is 2.37. The number of ether oxygens (including phenoxy) is 2.